The van der Waals surface area contributed by atoms with Crippen LogP contribution in [0.4, 0.5) is 0 Å². The maximum absolute atomic E-state index is 12.6. The van der Waals surface area contributed by atoms with Crippen molar-refractivity contribution in [3.05, 3.63) is 119 Å². The Bertz CT molecular complexity index is 1240. The normalized spacial score (nSPS) is 13.3. The molecule has 0 spiro atoms. The van der Waals surface area contributed by atoms with Gasteiger partial charge in [0.1, 0.15) is 12.1 Å². The lowest BCUT2D eigenvalue weighted by Gasteiger charge is -2.27. The first-order valence-electron chi connectivity index (χ1n) is 11.1. The first-order valence-corrected chi connectivity index (χ1v) is 11.1. The van der Waals surface area contributed by atoms with Gasteiger partial charge in [0, 0.05) is 12.1 Å². The maximum Gasteiger partial charge on any atom is 0.338 e. The van der Waals surface area contributed by atoms with Gasteiger partial charge in [-0.3, -0.25) is 5.32 Å². The fourth-order valence-electron chi connectivity index (χ4n) is 3.42. The lowest BCUT2D eigenvalue weighted by atomic mass is 10.0. The summed E-state index contributed by atoms with van der Waals surface area (Å²) in [5.41, 5.74) is 2.57. The number of hydrogen-bond acceptors (Lipinski definition) is 6. The zero-order chi connectivity index (χ0) is 23.8. The molecular formula is C28H27N3O3. The molecule has 6 nitrogen and oxygen atoms in total. The van der Waals surface area contributed by atoms with Crippen LogP contribution in [0.3, 0.4) is 0 Å². The summed E-state index contributed by atoms with van der Waals surface area (Å²) in [6.07, 6.45) is 1.99. The van der Waals surface area contributed by atoms with Gasteiger partial charge in [-0.2, -0.15) is 0 Å². The topological polar surface area (TPSA) is 77.2 Å². The lowest BCUT2D eigenvalue weighted by Crippen LogP contribution is -2.44. The number of carbonyl (C=O) groups is 1. The Morgan fingerprint density at radius 1 is 0.941 bits per heavy atom. The number of benzene rings is 3. The third kappa shape index (κ3) is 5.85. The molecule has 0 aliphatic rings. The molecule has 0 aliphatic heterocycles. The second-order valence-corrected chi connectivity index (χ2v) is 8.26. The van der Waals surface area contributed by atoms with Crippen LogP contribution in [0.5, 0.6) is 0 Å². The summed E-state index contributed by atoms with van der Waals surface area (Å²) in [6, 6.07) is 28.8. The van der Waals surface area contributed by atoms with Gasteiger partial charge in [0.05, 0.1) is 5.56 Å². The average Bonchev–Trinajstić information content (AvgIpc) is 3.39. The van der Waals surface area contributed by atoms with E-state index >= 15 is 0 Å². The summed E-state index contributed by atoms with van der Waals surface area (Å²) in [6.45, 7) is 4.38. The number of esters is 1. The van der Waals surface area contributed by atoms with Gasteiger partial charge in [0.25, 0.3) is 0 Å². The summed E-state index contributed by atoms with van der Waals surface area (Å²) >= 11 is 0. The van der Waals surface area contributed by atoms with Crippen molar-refractivity contribution in [1.29, 1.82) is 0 Å². The lowest BCUT2D eigenvalue weighted by molar-refractivity contribution is 0.0341. The molecule has 0 aliphatic carbocycles. The Hall–Kier alpha value is -4.03. The van der Waals surface area contributed by atoms with E-state index < -0.39 is 11.5 Å². The molecule has 1 aromatic heterocycles. The SMILES string of the molecule is C/C(=C\c1ccccc1)c1nnc(C(C)(COC(=O)c2ccccc2)NCc2ccccc2)o1. The van der Waals surface area contributed by atoms with Crippen molar-refractivity contribution >= 4 is 17.6 Å². The summed E-state index contributed by atoms with van der Waals surface area (Å²) in [4.78, 5) is 12.6. The van der Waals surface area contributed by atoms with Crippen LogP contribution in [0.2, 0.25) is 0 Å². The number of hydrogen-bond donors (Lipinski definition) is 1. The van der Waals surface area contributed by atoms with Crippen molar-refractivity contribution in [2.45, 2.75) is 25.9 Å². The number of carbonyl (C=O) groups excluding carboxylic acids is 1. The molecule has 0 fully saturated rings. The van der Waals surface area contributed by atoms with Crippen LogP contribution >= 0.6 is 0 Å². The molecule has 0 saturated heterocycles. The van der Waals surface area contributed by atoms with E-state index in [9.17, 15) is 4.79 Å². The van der Waals surface area contributed by atoms with Gasteiger partial charge in [0.2, 0.25) is 11.8 Å². The summed E-state index contributed by atoms with van der Waals surface area (Å²) in [5.74, 6) is 0.356. The van der Waals surface area contributed by atoms with Crippen molar-refractivity contribution in [1.82, 2.24) is 15.5 Å². The molecule has 1 unspecified atom stereocenters. The van der Waals surface area contributed by atoms with E-state index in [2.05, 4.69) is 15.5 Å². The standard InChI is InChI=1S/C28H27N3O3/c1-21(18-22-12-6-3-7-13-22)25-30-31-27(34-25)28(2,29-19-23-14-8-4-9-15-23)20-33-26(32)24-16-10-5-11-17-24/h3-18,29H,19-20H2,1-2H3/b21-18+. The van der Waals surface area contributed by atoms with E-state index in [1.54, 1.807) is 24.3 Å². The van der Waals surface area contributed by atoms with E-state index in [1.165, 1.54) is 0 Å². The predicted molar refractivity (Wildman–Crippen MR) is 132 cm³/mol. The molecule has 1 N–H and O–H groups in total. The molecule has 3 aromatic carbocycles. The van der Waals surface area contributed by atoms with Crippen molar-refractivity contribution in [3.63, 3.8) is 0 Å². The van der Waals surface area contributed by atoms with Crippen molar-refractivity contribution < 1.29 is 13.9 Å². The molecule has 1 heterocycles. The first kappa shape index (κ1) is 23.1. The minimum absolute atomic E-state index is 0.0244. The zero-order valence-corrected chi connectivity index (χ0v) is 19.3. The highest BCUT2D eigenvalue weighted by Gasteiger charge is 2.34. The Balaban J connectivity index is 1.56. The Morgan fingerprint density at radius 2 is 1.56 bits per heavy atom. The molecule has 6 heteroatoms. The fraction of sp³-hybridized carbons (Fsp3) is 0.179. The van der Waals surface area contributed by atoms with Crippen molar-refractivity contribution in [3.8, 4) is 0 Å². The van der Waals surface area contributed by atoms with Crippen LogP contribution in [0.1, 0.15) is 47.1 Å². The monoisotopic (exact) mass is 453 g/mol. The molecule has 34 heavy (non-hydrogen) atoms. The van der Waals surface area contributed by atoms with Crippen LogP contribution in [-0.4, -0.2) is 22.8 Å². The largest absolute Gasteiger partial charge is 0.460 e. The Kier molecular flexibility index (Phi) is 7.30. The summed E-state index contributed by atoms with van der Waals surface area (Å²) in [5, 5.41) is 12.0. The minimum atomic E-state index is -0.890. The molecule has 0 bridgehead atoms. The van der Waals surface area contributed by atoms with Gasteiger partial charge in [0.15, 0.2) is 0 Å². The summed E-state index contributed by atoms with van der Waals surface area (Å²) in [7, 11) is 0. The molecule has 0 saturated carbocycles. The van der Waals surface area contributed by atoms with Gasteiger partial charge in [-0.25, -0.2) is 4.79 Å². The van der Waals surface area contributed by atoms with Gasteiger partial charge in [-0.15, -0.1) is 10.2 Å². The van der Waals surface area contributed by atoms with E-state index in [-0.39, 0.29) is 6.61 Å². The zero-order valence-electron chi connectivity index (χ0n) is 19.3. The van der Waals surface area contributed by atoms with E-state index in [4.69, 9.17) is 9.15 Å². The van der Waals surface area contributed by atoms with Crippen LogP contribution in [0, 0.1) is 0 Å². The second kappa shape index (κ2) is 10.7. The number of aromatic nitrogens is 2. The number of rotatable bonds is 9. The smallest absolute Gasteiger partial charge is 0.338 e. The van der Waals surface area contributed by atoms with Gasteiger partial charge in [-0.05, 0) is 43.2 Å². The molecule has 0 amide bonds. The number of nitrogens with zero attached hydrogens (tertiary/aromatic N) is 2. The van der Waals surface area contributed by atoms with Crippen LogP contribution < -0.4 is 5.32 Å². The number of nitrogens with one attached hydrogen (secondary N) is 1. The highest BCUT2D eigenvalue weighted by molar-refractivity contribution is 5.89. The molecule has 4 aromatic rings. The van der Waals surface area contributed by atoms with Gasteiger partial charge >= 0.3 is 5.97 Å². The first-order chi connectivity index (χ1) is 16.5. The summed E-state index contributed by atoms with van der Waals surface area (Å²) < 4.78 is 11.7. The minimum Gasteiger partial charge on any atom is -0.460 e. The molecule has 4 rings (SSSR count). The van der Waals surface area contributed by atoms with Crippen LogP contribution in [0.15, 0.2) is 95.4 Å². The van der Waals surface area contributed by atoms with Gasteiger partial charge in [-0.1, -0.05) is 78.9 Å². The molecule has 172 valence electrons. The van der Waals surface area contributed by atoms with Crippen LogP contribution in [-0.2, 0) is 16.8 Å². The van der Waals surface area contributed by atoms with E-state index in [1.807, 2.05) is 86.7 Å². The second-order valence-electron chi connectivity index (χ2n) is 8.26. The van der Waals surface area contributed by atoms with Crippen molar-refractivity contribution in [2.75, 3.05) is 6.61 Å². The Morgan fingerprint density at radius 3 is 2.24 bits per heavy atom. The third-order valence-corrected chi connectivity index (χ3v) is 5.44. The Labute approximate surface area is 199 Å². The number of ether oxygens (including phenoxy) is 1. The number of allylic oxidation sites excluding steroid dienone is 1. The fourth-order valence-corrected chi connectivity index (χ4v) is 3.42. The van der Waals surface area contributed by atoms with Gasteiger partial charge < -0.3 is 9.15 Å². The highest BCUT2D eigenvalue weighted by Crippen LogP contribution is 2.25. The highest BCUT2D eigenvalue weighted by atomic mass is 16.5. The van der Waals surface area contributed by atoms with Crippen molar-refractivity contribution in [2.24, 2.45) is 0 Å². The predicted octanol–water partition coefficient (Wildman–Crippen LogP) is 5.49. The molecular weight excluding hydrogens is 426 g/mol. The quantitative estimate of drug-likeness (QED) is 0.338. The van der Waals surface area contributed by atoms with E-state index in [0.29, 0.717) is 23.9 Å². The molecule has 1 atom stereocenters. The van der Waals surface area contributed by atoms with Crippen LogP contribution in [0.25, 0.3) is 11.6 Å². The molecule has 0 radical (unpaired) electrons. The average molecular weight is 454 g/mol. The third-order valence-electron chi connectivity index (χ3n) is 5.44. The van der Waals surface area contributed by atoms with E-state index in [0.717, 1.165) is 16.7 Å². The maximum atomic E-state index is 12.6.